The van der Waals surface area contributed by atoms with Gasteiger partial charge in [0, 0.05) is 34.5 Å². The topological polar surface area (TPSA) is 89.1 Å². The van der Waals surface area contributed by atoms with Gasteiger partial charge in [0.25, 0.3) is 0 Å². The number of aromatic amines is 1. The van der Waals surface area contributed by atoms with Gasteiger partial charge in [-0.2, -0.15) is 0 Å². The van der Waals surface area contributed by atoms with Crippen LogP contribution < -0.4 is 0 Å². The predicted octanol–water partition coefficient (Wildman–Crippen LogP) is 4.02. The SMILES string of the molecule is O[C@H](COCc1ccco1)CSc1nnc(-c2c[nH]c3ccccc23)n1C1CC1. The van der Waals surface area contributed by atoms with Crippen LogP contribution in [0, 0.1) is 0 Å². The zero-order chi connectivity index (χ0) is 19.6. The lowest BCUT2D eigenvalue weighted by molar-refractivity contribution is 0.0328. The molecule has 1 saturated carbocycles. The number of aliphatic hydroxyl groups excluding tert-OH is 1. The standard InChI is InChI=1S/C21H22N4O3S/c26-15(11-27-12-16-4-3-9-28-16)13-29-21-24-23-20(25(21)14-7-8-14)18-10-22-19-6-2-1-5-17(18)19/h1-6,9-10,14-15,22,26H,7-8,11-13H2/t15-/m1/s1. The largest absolute Gasteiger partial charge is 0.467 e. The second-order valence-corrected chi connectivity index (χ2v) is 8.20. The van der Waals surface area contributed by atoms with Gasteiger partial charge in [0.15, 0.2) is 11.0 Å². The van der Waals surface area contributed by atoms with Gasteiger partial charge in [-0.3, -0.25) is 4.57 Å². The Balaban J connectivity index is 1.27. The summed E-state index contributed by atoms with van der Waals surface area (Å²) in [5.74, 6) is 2.13. The molecule has 0 bridgehead atoms. The van der Waals surface area contributed by atoms with Gasteiger partial charge >= 0.3 is 0 Å². The van der Waals surface area contributed by atoms with Gasteiger partial charge in [-0.1, -0.05) is 30.0 Å². The average Bonchev–Trinajstić information content (AvgIpc) is 3.13. The van der Waals surface area contributed by atoms with E-state index in [4.69, 9.17) is 9.15 Å². The Morgan fingerprint density at radius 1 is 1.24 bits per heavy atom. The van der Waals surface area contributed by atoms with Crippen LogP contribution in [0.5, 0.6) is 0 Å². The zero-order valence-corrected chi connectivity index (χ0v) is 16.6. The molecule has 150 valence electrons. The van der Waals surface area contributed by atoms with Crippen molar-refractivity contribution in [1.82, 2.24) is 19.7 Å². The molecule has 3 aromatic heterocycles. The maximum absolute atomic E-state index is 10.3. The fraction of sp³-hybridized carbons (Fsp3) is 0.333. The minimum Gasteiger partial charge on any atom is -0.467 e. The number of aromatic nitrogens is 4. The molecule has 3 heterocycles. The number of hydrogen-bond donors (Lipinski definition) is 2. The monoisotopic (exact) mass is 410 g/mol. The lowest BCUT2D eigenvalue weighted by atomic mass is 10.1. The zero-order valence-electron chi connectivity index (χ0n) is 15.8. The quantitative estimate of drug-likeness (QED) is 0.405. The highest BCUT2D eigenvalue weighted by Gasteiger charge is 2.31. The summed E-state index contributed by atoms with van der Waals surface area (Å²) in [5.41, 5.74) is 2.15. The molecule has 8 heteroatoms. The Bertz CT molecular complexity index is 1080. The Morgan fingerprint density at radius 2 is 2.14 bits per heavy atom. The highest BCUT2D eigenvalue weighted by Crippen LogP contribution is 2.42. The molecule has 1 aromatic carbocycles. The van der Waals surface area contributed by atoms with Crippen molar-refractivity contribution in [2.24, 2.45) is 0 Å². The molecule has 0 radical (unpaired) electrons. The van der Waals surface area contributed by atoms with Gasteiger partial charge in [-0.25, -0.2) is 0 Å². The van der Waals surface area contributed by atoms with Gasteiger partial charge in [0.05, 0.1) is 19.0 Å². The van der Waals surface area contributed by atoms with E-state index in [1.54, 1.807) is 6.26 Å². The molecule has 0 amide bonds. The summed E-state index contributed by atoms with van der Waals surface area (Å²) in [6, 6.07) is 12.3. The molecule has 1 aliphatic rings. The Labute approximate surface area is 172 Å². The van der Waals surface area contributed by atoms with Crippen LogP contribution in [0.2, 0.25) is 0 Å². The van der Waals surface area contributed by atoms with Crippen molar-refractivity contribution in [3.63, 3.8) is 0 Å². The highest BCUT2D eigenvalue weighted by molar-refractivity contribution is 7.99. The molecule has 5 rings (SSSR count). The van der Waals surface area contributed by atoms with Gasteiger partial charge in [-0.15, -0.1) is 10.2 Å². The first-order valence-electron chi connectivity index (χ1n) is 9.72. The number of hydrogen-bond acceptors (Lipinski definition) is 6. The third-order valence-corrected chi connectivity index (χ3v) is 6.03. The van der Waals surface area contributed by atoms with Crippen LogP contribution in [0.3, 0.4) is 0 Å². The van der Waals surface area contributed by atoms with Crippen molar-refractivity contribution in [1.29, 1.82) is 0 Å². The van der Waals surface area contributed by atoms with E-state index in [2.05, 4.69) is 31.9 Å². The maximum Gasteiger partial charge on any atom is 0.191 e. The molecule has 7 nitrogen and oxygen atoms in total. The summed E-state index contributed by atoms with van der Waals surface area (Å²) in [4.78, 5) is 3.32. The van der Waals surface area contributed by atoms with Crippen LogP contribution in [0.25, 0.3) is 22.3 Å². The molecule has 0 spiro atoms. The molecule has 1 fully saturated rings. The summed E-state index contributed by atoms with van der Waals surface area (Å²) >= 11 is 1.52. The van der Waals surface area contributed by atoms with Crippen molar-refractivity contribution >= 4 is 22.7 Å². The van der Waals surface area contributed by atoms with Crippen molar-refractivity contribution in [3.05, 3.63) is 54.6 Å². The minimum atomic E-state index is -0.587. The number of benzene rings is 1. The molecular formula is C21H22N4O3S. The van der Waals surface area contributed by atoms with Gasteiger partial charge in [0.1, 0.15) is 12.4 Å². The molecular weight excluding hydrogens is 388 g/mol. The first-order valence-corrected chi connectivity index (χ1v) is 10.7. The van der Waals surface area contributed by atoms with Crippen LogP contribution in [-0.4, -0.2) is 43.3 Å². The Morgan fingerprint density at radius 3 is 2.97 bits per heavy atom. The third kappa shape index (κ3) is 3.96. The molecule has 2 N–H and O–H groups in total. The van der Waals surface area contributed by atoms with Crippen LogP contribution in [0.1, 0.15) is 24.6 Å². The number of para-hydroxylation sites is 1. The van der Waals surface area contributed by atoms with Crippen LogP contribution in [0.15, 0.2) is 58.4 Å². The van der Waals surface area contributed by atoms with E-state index in [0.29, 0.717) is 18.4 Å². The molecule has 1 aliphatic carbocycles. The number of nitrogens with zero attached hydrogens (tertiary/aromatic N) is 3. The van der Waals surface area contributed by atoms with E-state index in [1.165, 1.54) is 11.8 Å². The number of rotatable bonds is 9. The normalized spacial score (nSPS) is 15.2. The fourth-order valence-electron chi connectivity index (χ4n) is 3.39. The highest BCUT2D eigenvalue weighted by atomic mass is 32.2. The average molecular weight is 410 g/mol. The van der Waals surface area contributed by atoms with Crippen LogP contribution in [0.4, 0.5) is 0 Å². The van der Waals surface area contributed by atoms with Crippen LogP contribution >= 0.6 is 11.8 Å². The minimum absolute atomic E-state index is 0.251. The lowest BCUT2D eigenvalue weighted by Gasteiger charge is -2.12. The van der Waals surface area contributed by atoms with E-state index < -0.39 is 6.10 Å². The van der Waals surface area contributed by atoms with Crippen molar-refractivity contribution in [2.45, 2.75) is 36.8 Å². The number of ether oxygens (including phenoxy) is 1. The summed E-state index contributed by atoms with van der Waals surface area (Å²) < 4.78 is 13.0. The number of fused-ring (bicyclic) bond motifs is 1. The van der Waals surface area contributed by atoms with Crippen molar-refractivity contribution in [3.8, 4) is 11.4 Å². The predicted molar refractivity (Wildman–Crippen MR) is 111 cm³/mol. The maximum atomic E-state index is 10.3. The van der Waals surface area contributed by atoms with Gasteiger partial charge < -0.3 is 19.2 Å². The smallest absolute Gasteiger partial charge is 0.191 e. The molecule has 4 aromatic rings. The number of nitrogens with one attached hydrogen (secondary N) is 1. The van der Waals surface area contributed by atoms with E-state index >= 15 is 0 Å². The number of furan rings is 1. The second kappa shape index (κ2) is 8.06. The Hall–Kier alpha value is -2.55. The van der Waals surface area contributed by atoms with Gasteiger partial charge in [-0.05, 0) is 31.0 Å². The fourth-order valence-corrected chi connectivity index (χ4v) is 4.30. The van der Waals surface area contributed by atoms with E-state index in [1.807, 2.05) is 30.5 Å². The summed E-state index contributed by atoms with van der Waals surface area (Å²) in [6.07, 6.45) is 5.29. The molecule has 0 saturated heterocycles. The summed E-state index contributed by atoms with van der Waals surface area (Å²) in [6.45, 7) is 0.609. The summed E-state index contributed by atoms with van der Waals surface area (Å²) in [7, 11) is 0. The summed E-state index contributed by atoms with van der Waals surface area (Å²) in [5, 5.41) is 21.2. The first kappa shape index (κ1) is 18.5. The van der Waals surface area contributed by atoms with E-state index in [0.717, 1.165) is 46.0 Å². The lowest BCUT2D eigenvalue weighted by Crippen LogP contribution is -2.18. The first-order chi connectivity index (χ1) is 14.3. The Kier molecular flexibility index (Phi) is 5.13. The number of thioether (sulfide) groups is 1. The number of aliphatic hydroxyl groups is 1. The van der Waals surface area contributed by atoms with Gasteiger partial charge in [0.2, 0.25) is 0 Å². The molecule has 0 unspecified atom stereocenters. The molecule has 0 aliphatic heterocycles. The van der Waals surface area contributed by atoms with Crippen molar-refractivity contribution in [2.75, 3.05) is 12.4 Å². The molecule has 29 heavy (non-hydrogen) atoms. The molecule has 1 atom stereocenters. The van der Waals surface area contributed by atoms with E-state index in [9.17, 15) is 5.11 Å². The van der Waals surface area contributed by atoms with E-state index in [-0.39, 0.29) is 6.61 Å². The number of H-pyrrole nitrogens is 1. The second-order valence-electron chi connectivity index (χ2n) is 7.21. The van der Waals surface area contributed by atoms with Crippen LogP contribution in [-0.2, 0) is 11.3 Å². The van der Waals surface area contributed by atoms with Crippen molar-refractivity contribution < 1.29 is 14.3 Å². The third-order valence-electron chi connectivity index (χ3n) is 4.95.